The second-order valence-corrected chi connectivity index (χ2v) is 5.13. The van der Waals surface area contributed by atoms with Gasteiger partial charge in [0, 0.05) is 0 Å². The van der Waals surface area contributed by atoms with Gasteiger partial charge in [0.25, 0.3) is 0 Å². The van der Waals surface area contributed by atoms with Gasteiger partial charge in [0.2, 0.25) is 5.76 Å². The van der Waals surface area contributed by atoms with Gasteiger partial charge in [0.15, 0.2) is 0 Å². The number of hydrogen-bond acceptors (Lipinski definition) is 4. The number of ether oxygens (including phenoxy) is 2. The molecular weight excluding hydrogens is 256 g/mol. The largest absolute Gasteiger partial charge is 0.463 e. The predicted molar refractivity (Wildman–Crippen MR) is 77.8 cm³/mol. The van der Waals surface area contributed by atoms with Crippen LogP contribution >= 0.6 is 0 Å². The second kappa shape index (κ2) is 8.80. The lowest BCUT2D eigenvalue weighted by Crippen LogP contribution is -2.11. The molecule has 2 unspecified atom stereocenters. The zero-order valence-electron chi connectivity index (χ0n) is 13.0. The molecule has 2 atom stereocenters. The molecule has 0 amide bonds. The van der Waals surface area contributed by atoms with Gasteiger partial charge in [-0.15, -0.1) is 0 Å². The summed E-state index contributed by atoms with van der Waals surface area (Å²) in [6.45, 7) is 6.22. The van der Waals surface area contributed by atoms with E-state index in [4.69, 9.17) is 9.15 Å². The van der Waals surface area contributed by atoms with Gasteiger partial charge < -0.3 is 13.9 Å². The van der Waals surface area contributed by atoms with Crippen LogP contribution in [-0.4, -0.2) is 19.2 Å². The molecule has 114 valence electrons. The molecule has 1 aromatic rings. The Bertz CT molecular complexity index is 397. The molecule has 0 spiro atoms. The van der Waals surface area contributed by atoms with E-state index in [9.17, 15) is 4.79 Å². The van der Waals surface area contributed by atoms with Crippen LogP contribution < -0.4 is 0 Å². The fraction of sp³-hybridized carbons (Fsp3) is 0.688. The van der Waals surface area contributed by atoms with E-state index in [1.54, 1.807) is 12.1 Å². The third kappa shape index (κ3) is 5.37. The first kappa shape index (κ1) is 16.8. The monoisotopic (exact) mass is 282 g/mol. The average molecular weight is 282 g/mol. The van der Waals surface area contributed by atoms with Gasteiger partial charge in [0.05, 0.1) is 13.2 Å². The number of hydrogen-bond donors (Lipinski definition) is 0. The van der Waals surface area contributed by atoms with Crippen molar-refractivity contribution in [2.24, 2.45) is 0 Å². The lowest BCUT2D eigenvalue weighted by atomic mass is 10.1. The molecular formula is C16H26O4. The summed E-state index contributed by atoms with van der Waals surface area (Å²) in [5.74, 6) is 0.412. The summed E-state index contributed by atoms with van der Waals surface area (Å²) < 4.78 is 16.0. The summed E-state index contributed by atoms with van der Waals surface area (Å²) in [6, 6.07) is 3.38. The van der Waals surface area contributed by atoms with Crippen molar-refractivity contribution < 1.29 is 18.7 Å². The van der Waals surface area contributed by atoms with Crippen LogP contribution in [0.2, 0.25) is 0 Å². The molecule has 1 heterocycles. The highest BCUT2D eigenvalue weighted by Crippen LogP contribution is 2.23. The van der Waals surface area contributed by atoms with Crippen molar-refractivity contribution in [3.63, 3.8) is 0 Å². The Morgan fingerprint density at radius 2 is 2.00 bits per heavy atom. The Balaban J connectivity index is 2.39. The number of carbonyl (C=O) groups excluding carboxylic acids is 1. The van der Waals surface area contributed by atoms with Crippen molar-refractivity contribution in [2.45, 2.75) is 65.1 Å². The van der Waals surface area contributed by atoms with Crippen LogP contribution in [0.25, 0.3) is 0 Å². The van der Waals surface area contributed by atoms with E-state index in [1.165, 1.54) is 32.8 Å². The minimum Gasteiger partial charge on any atom is -0.463 e. The van der Waals surface area contributed by atoms with Gasteiger partial charge in [-0.2, -0.15) is 0 Å². The van der Waals surface area contributed by atoms with E-state index < -0.39 is 5.97 Å². The van der Waals surface area contributed by atoms with Gasteiger partial charge in [-0.25, -0.2) is 4.79 Å². The summed E-state index contributed by atoms with van der Waals surface area (Å²) >= 11 is 0. The molecule has 20 heavy (non-hydrogen) atoms. The quantitative estimate of drug-likeness (QED) is 0.494. The van der Waals surface area contributed by atoms with Crippen LogP contribution in [0.1, 0.15) is 75.3 Å². The molecule has 0 bridgehead atoms. The number of rotatable bonds is 9. The highest BCUT2D eigenvalue weighted by atomic mass is 16.5. The highest BCUT2D eigenvalue weighted by molar-refractivity contribution is 5.86. The number of carbonyl (C=O) groups is 1. The molecule has 0 radical (unpaired) electrons. The van der Waals surface area contributed by atoms with E-state index in [2.05, 4.69) is 18.6 Å². The van der Waals surface area contributed by atoms with Crippen molar-refractivity contribution in [2.75, 3.05) is 7.11 Å². The van der Waals surface area contributed by atoms with E-state index in [0.717, 1.165) is 6.42 Å². The Morgan fingerprint density at radius 3 is 2.65 bits per heavy atom. The number of furan rings is 1. The minimum atomic E-state index is -0.462. The summed E-state index contributed by atoms with van der Waals surface area (Å²) in [4.78, 5) is 11.3. The van der Waals surface area contributed by atoms with Crippen LogP contribution in [0.4, 0.5) is 0 Å². The SMILES string of the molecule is CCCCCCC(C)OC(C)c1ccc(C(=O)OC)o1. The molecule has 0 aromatic carbocycles. The highest BCUT2D eigenvalue weighted by Gasteiger charge is 2.17. The third-order valence-corrected chi connectivity index (χ3v) is 3.31. The first-order valence-corrected chi connectivity index (χ1v) is 7.42. The average Bonchev–Trinajstić information content (AvgIpc) is 2.92. The Labute approximate surface area is 121 Å². The molecule has 0 aliphatic heterocycles. The molecule has 0 fully saturated rings. The zero-order valence-corrected chi connectivity index (χ0v) is 13.0. The van der Waals surface area contributed by atoms with Crippen LogP contribution in [0, 0.1) is 0 Å². The maximum atomic E-state index is 11.3. The normalized spacial score (nSPS) is 14.0. The van der Waals surface area contributed by atoms with Gasteiger partial charge >= 0.3 is 5.97 Å². The van der Waals surface area contributed by atoms with E-state index >= 15 is 0 Å². The summed E-state index contributed by atoms with van der Waals surface area (Å²) in [5.41, 5.74) is 0. The molecule has 0 aliphatic carbocycles. The van der Waals surface area contributed by atoms with Crippen molar-refractivity contribution in [3.05, 3.63) is 23.7 Å². The molecule has 4 heteroatoms. The van der Waals surface area contributed by atoms with Gasteiger partial charge in [-0.3, -0.25) is 0 Å². The topological polar surface area (TPSA) is 48.7 Å². The van der Waals surface area contributed by atoms with Crippen molar-refractivity contribution in [1.82, 2.24) is 0 Å². The Morgan fingerprint density at radius 1 is 1.25 bits per heavy atom. The maximum Gasteiger partial charge on any atom is 0.373 e. The fourth-order valence-electron chi connectivity index (χ4n) is 2.12. The molecule has 1 rings (SSSR count). The van der Waals surface area contributed by atoms with Crippen molar-refractivity contribution in [3.8, 4) is 0 Å². The standard InChI is InChI=1S/C16H26O4/c1-5-6-7-8-9-12(2)19-13(3)14-10-11-15(20-14)16(17)18-4/h10-13H,5-9H2,1-4H3. The van der Waals surface area contributed by atoms with Gasteiger partial charge in [0.1, 0.15) is 11.9 Å². The molecule has 1 aromatic heterocycles. The van der Waals surface area contributed by atoms with Crippen LogP contribution in [-0.2, 0) is 9.47 Å². The summed E-state index contributed by atoms with van der Waals surface area (Å²) in [7, 11) is 1.34. The van der Waals surface area contributed by atoms with Gasteiger partial charge in [-0.05, 0) is 32.4 Å². The molecule has 0 saturated heterocycles. The van der Waals surface area contributed by atoms with Crippen LogP contribution in [0.15, 0.2) is 16.5 Å². The first-order valence-electron chi connectivity index (χ1n) is 7.42. The third-order valence-electron chi connectivity index (χ3n) is 3.31. The fourth-order valence-corrected chi connectivity index (χ4v) is 2.12. The number of esters is 1. The van der Waals surface area contributed by atoms with E-state index in [1.807, 2.05) is 6.92 Å². The number of unbranched alkanes of at least 4 members (excludes halogenated alkanes) is 3. The molecule has 4 nitrogen and oxygen atoms in total. The summed E-state index contributed by atoms with van der Waals surface area (Å²) in [5, 5.41) is 0. The van der Waals surface area contributed by atoms with E-state index in [0.29, 0.717) is 5.76 Å². The molecule has 0 saturated carbocycles. The Hall–Kier alpha value is -1.29. The van der Waals surface area contributed by atoms with Crippen molar-refractivity contribution >= 4 is 5.97 Å². The first-order chi connectivity index (χ1) is 9.58. The predicted octanol–water partition coefficient (Wildman–Crippen LogP) is 4.50. The minimum absolute atomic E-state index is 0.158. The molecule has 0 aliphatic rings. The van der Waals surface area contributed by atoms with Crippen LogP contribution in [0.5, 0.6) is 0 Å². The van der Waals surface area contributed by atoms with Crippen molar-refractivity contribution in [1.29, 1.82) is 0 Å². The van der Waals surface area contributed by atoms with E-state index in [-0.39, 0.29) is 18.0 Å². The maximum absolute atomic E-state index is 11.3. The second-order valence-electron chi connectivity index (χ2n) is 5.13. The van der Waals surface area contributed by atoms with Gasteiger partial charge in [-0.1, -0.05) is 32.6 Å². The lowest BCUT2D eigenvalue weighted by Gasteiger charge is -2.17. The lowest BCUT2D eigenvalue weighted by molar-refractivity contribution is -0.00984. The molecule has 0 N–H and O–H groups in total. The number of methoxy groups -OCH3 is 1. The zero-order chi connectivity index (χ0) is 15.0. The van der Waals surface area contributed by atoms with Crippen LogP contribution in [0.3, 0.4) is 0 Å². The summed E-state index contributed by atoms with van der Waals surface area (Å²) in [6.07, 6.45) is 6.05. The smallest absolute Gasteiger partial charge is 0.373 e. The Kier molecular flexibility index (Phi) is 7.37.